The van der Waals surface area contributed by atoms with Crippen LogP contribution < -0.4 is 0 Å². The summed E-state index contributed by atoms with van der Waals surface area (Å²) in [6.45, 7) is 12.0. The van der Waals surface area contributed by atoms with Gasteiger partial charge in [0, 0.05) is 13.1 Å². The van der Waals surface area contributed by atoms with Gasteiger partial charge in [-0.2, -0.15) is 0 Å². The van der Waals surface area contributed by atoms with E-state index in [1.165, 1.54) is 32.1 Å². The van der Waals surface area contributed by atoms with E-state index in [0.717, 1.165) is 64.5 Å². The second-order valence-electron chi connectivity index (χ2n) is 14.4. The van der Waals surface area contributed by atoms with Gasteiger partial charge in [-0.1, -0.05) is 34.1 Å². The van der Waals surface area contributed by atoms with Gasteiger partial charge in [-0.25, -0.2) is 4.79 Å². The summed E-state index contributed by atoms with van der Waals surface area (Å²) in [6, 6.07) is 0. The van der Waals surface area contributed by atoms with Crippen LogP contribution in [0.2, 0.25) is 0 Å². The van der Waals surface area contributed by atoms with Gasteiger partial charge in [-0.15, -0.1) is 0 Å². The molecule has 1 unspecified atom stereocenters. The molecule has 37 heavy (non-hydrogen) atoms. The van der Waals surface area contributed by atoms with Crippen molar-refractivity contribution in [3.63, 3.8) is 0 Å². The number of nitrogens with zero attached hydrogens (tertiary/aromatic N) is 1. The molecule has 0 bridgehead atoms. The number of aliphatic hydroxyl groups is 2. The number of carbonyl (C=O) groups excluding carboxylic acids is 1. The van der Waals surface area contributed by atoms with Gasteiger partial charge in [-0.05, 0) is 129 Å². The standard InChI is InChI=1S/C32H55NO4/c1-5-23-27-20-22(34)13-15-32(27,4)26-14-16-31(3)24(11-12-25(31)28(26)29(23)35)21(2)10-9-19-37-30(36)33-17-7-6-8-18-33/h21-29,34-35H,5-20H2,1-4H3/t21-,22-,23-,24-,25+,26+,27+,28+,29-,31-,32?/m1/s1. The topological polar surface area (TPSA) is 70.0 Å². The third-order valence-corrected chi connectivity index (χ3v) is 12.8. The average molecular weight is 518 g/mol. The number of piperidine rings is 1. The number of fused-ring (bicyclic) bond motifs is 5. The van der Waals surface area contributed by atoms with Crippen LogP contribution in [-0.2, 0) is 4.74 Å². The van der Waals surface area contributed by atoms with Crippen molar-refractivity contribution in [1.29, 1.82) is 0 Å². The van der Waals surface area contributed by atoms with Crippen molar-refractivity contribution < 1.29 is 19.7 Å². The van der Waals surface area contributed by atoms with Gasteiger partial charge < -0.3 is 19.8 Å². The number of ether oxygens (including phenoxy) is 1. The zero-order valence-corrected chi connectivity index (χ0v) is 24.2. The minimum atomic E-state index is -0.216. The Balaban J connectivity index is 1.22. The molecule has 11 atom stereocenters. The average Bonchev–Trinajstić information content (AvgIpc) is 3.25. The van der Waals surface area contributed by atoms with E-state index in [1.54, 1.807) is 0 Å². The lowest BCUT2D eigenvalue weighted by Crippen LogP contribution is -2.62. The van der Waals surface area contributed by atoms with Crippen LogP contribution in [0.1, 0.15) is 111 Å². The van der Waals surface area contributed by atoms with Gasteiger partial charge >= 0.3 is 6.09 Å². The highest BCUT2D eigenvalue weighted by molar-refractivity contribution is 5.67. The number of hydrogen-bond acceptors (Lipinski definition) is 4. The van der Waals surface area contributed by atoms with Crippen molar-refractivity contribution >= 4 is 6.09 Å². The number of rotatable bonds is 6. The van der Waals surface area contributed by atoms with Crippen LogP contribution >= 0.6 is 0 Å². The van der Waals surface area contributed by atoms with Crippen LogP contribution in [0.3, 0.4) is 0 Å². The third kappa shape index (κ3) is 4.87. The molecule has 0 aromatic rings. The Bertz CT molecular complexity index is 798. The number of amides is 1. The van der Waals surface area contributed by atoms with Gasteiger partial charge in [-0.3, -0.25) is 0 Å². The molecule has 5 nitrogen and oxygen atoms in total. The molecule has 212 valence electrons. The molecule has 4 saturated carbocycles. The van der Waals surface area contributed by atoms with E-state index in [4.69, 9.17) is 4.74 Å². The largest absolute Gasteiger partial charge is 0.449 e. The van der Waals surface area contributed by atoms with E-state index in [1.807, 2.05) is 4.90 Å². The van der Waals surface area contributed by atoms with Gasteiger partial charge in [0.25, 0.3) is 0 Å². The molecule has 0 spiro atoms. The first-order valence-corrected chi connectivity index (χ1v) is 16.0. The molecular formula is C32H55NO4. The monoisotopic (exact) mass is 517 g/mol. The second-order valence-corrected chi connectivity index (χ2v) is 14.4. The first-order chi connectivity index (χ1) is 17.7. The lowest BCUT2D eigenvalue weighted by Gasteiger charge is -2.64. The molecule has 1 heterocycles. The van der Waals surface area contributed by atoms with E-state index >= 15 is 0 Å². The molecule has 2 N–H and O–H groups in total. The Morgan fingerprint density at radius 3 is 2.41 bits per heavy atom. The maximum atomic E-state index is 12.4. The quantitative estimate of drug-likeness (QED) is 0.387. The summed E-state index contributed by atoms with van der Waals surface area (Å²) in [5, 5.41) is 22.4. The van der Waals surface area contributed by atoms with Crippen LogP contribution in [-0.4, -0.2) is 53.1 Å². The first-order valence-electron chi connectivity index (χ1n) is 16.0. The van der Waals surface area contributed by atoms with Gasteiger partial charge in [0.2, 0.25) is 0 Å². The Morgan fingerprint density at radius 2 is 1.68 bits per heavy atom. The van der Waals surface area contributed by atoms with E-state index in [9.17, 15) is 15.0 Å². The molecule has 5 aliphatic rings. The summed E-state index contributed by atoms with van der Waals surface area (Å²) < 4.78 is 5.64. The van der Waals surface area contributed by atoms with Crippen LogP contribution in [0, 0.1) is 52.3 Å². The molecule has 5 rings (SSSR count). The minimum absolute atomic E-state index is 0.114. The van der Waals surface area contributed by atoms with Crippen molar-refractivity contribution in [1.82, 2.24) is 4.90 Å². The lowest BCUT2D eigenvalue weighted by atomic mass is 9.41. The highest BCUT2D eigenvalue weighted by Gasteiger charge is 2.64. The molecule has 0 aromatic carbocycles. The molecule has 4 aliphatic carbocycles. The number of carbonyl (C=O) groups is 1. The summed E-state index contributed by atoms with van der Waals surface area (Å²) >= 11 is 0. The van der Waals surface area contributed by atoms with E-state index in [-0.39, 0.29) is 23.7 Å². The fraction of sp³-hybridized carbons (Fsp3) is 0.969. The van der Waals surface area contributed by atoms with Crippen LogP contribution in [0.4, 0.5) is 4.79 Å². The fourth-order valence-electron chi connectivity index (χ4n) is 10.9. The second kappa shape index (κ2) is 11.0. The molecule has 1 amide bonds. The molecule has 5 heteroatoms. The van der Waals surface area contributed by atoms with Crippen molar-refractivity contribution in [2.24, 2.45) is 52.3 Å². The van der Waals surface area contributed by atoms with E-state index in [0.29, 0.717) is 53.4 Å². The lowest BCUT2D eigenvalue weighted by molar-refractivity contribution is -0.203. The normalized spacial score (nSPS) is 46.5. The number of hydrogen-bond donors (Lipinski definition) is 2. The Hall–Kier alpha value is -0.810. The van der Waals surface area contributed by atoms with Crippen LogP contribution in [0.5, 0.6) is 0 Å². The molecule has 0 radical (unpaired) electrons. The highest BCUT2D eigenvalue weighted by Crippen LogP contribution is 2.69. The van der Waals surface area contributed by atoms with Gasteiger partial charge in [0.15, 0.2) is 0 Å². The maximum Gasteiger partial charge on any atom is 0.409 e. The SMILES string of the molecule is CC[C@H]1[C@@H](O)[C@@H]2[C@H](CC[C@]3(C)[C@@H]([C@H](C)CCCOC(=O)N4CCCCC4)CC[C@@H]23)C2(C)CC[C@@H](O)C[C@@H]12. The summed E-state index contributed by atoms with van der Waals surface area (Å²) in [7, 11) is 0. The summed E-state index contributed by atoms with van der Waals surface area (Å²) in [6.07, 6.45) is 14.0. The summed E-state index contributed by atoms with van der Waals surface area (Å²) in [5.74, 6) is 3.75. The van der Waals surface area contributed by atoms with E-state index in [2.05, 4.69) is 27.7 Å². The predicted molar refractivity (Wildman–Crippen MR) is 147 cm³/mol. The highest BCUT2D eigenvalue weighted by atomic mass is 16.6. The fourth-order valence-corrected chi connectivity index (χ4v) is 10.9. The number of likely N-dealkylation sites (tertiary alicyclic amines) is 1. The Labute approximate surface area is 226 Å². The van der Waals surface area contributed by atoms with Crippen molar-refractivity contribution in [3.8, 4) is 0 Å². The van der Waals surface area contributed by atoms with Crippen LogP contribution in [0.15, 0.2) is 0 Å². The predicted octanol–water partition coefficient (Wildman–Crippen LogP) is 6.65. The van der Waals surface area contributed by atoms with Gasteiger partial charge in [0.05, 0.1) is 18.8 Å². The molecule has 5 fully saturated rings. The first kappa shape index (κ1) is 27.7. The molecular weight excluding hydrogens is 462 g/mol. The Morgan fingerprint density at radius 1 is 0.973 bits per heavy atom. The maximum absolute atomic E-state index is 12.4. The number of aliphatic hydroxyl groups excluding tert-OH is 2. The molecule has 0 aromatic heterocycles. The Kier molecular flexibility index (Phi) is 8.24. The van der Waals surface area contributed by atoms with Crippen molar-refractivity contribution in [2.45, 2.75) is 123 Å². The summed E-state index contributed by atoms with van der Waals surface area (Å²) in [4.78, 5) is 14.2. The van der Waals surface area contributed by atoms with Crippen LogP contribution in [0.25, 0.3) is 0 Å². The summed E-state index contributed by atoms with van der Waals surface area (Å²) in [5.41, 5.74) is 0.578. The zero-order valence-electron chi connectivity index (χ0n) is 24.2. The molecule has 1 aliphatic heterocycles. The zero-order chi connectivity index (χ0) is 26.4. The van der Waals surface area contributed by atoms with Crippen molar-refractivity contribution in [2.75, 3.05) is 19.7 Å². The van der Waals surface area contributed by atoms with Gasteiger partial charge in [0.1, 0.15) is 0 Å². The van der Waals surface area contributed by atoms with Crippen molar-refractivity contribution in [3.05, 3.63) is 0 Å². The minimum Gasteiger partial charge on any atom is -0.449 e. The smallest absolute Gasteiger partial charge is 0.409 e. The third-order valence-electron chi connectivity index (χ3n) is 12.8. The molecule has 1 saturated heterocycles. The van der Waals surface area contributed by atoms with E-state index < -0.39 is 0 Å².